The molecule has 0 saturated carbocycles. The molecule has 0 N–H and O–H groups in total. The number of carbonyl (C=O) groups is 1. The molecule has 1 aliphatic rings. The highest BCUT2D eigenvalue weighted by molar-refractivity contribution is 7.99. The molecule has 0 spiro atoms. The number of thioether (sulfide) groups is 1. The van der Waals surface area contributed by atoms with Gasteiger partial charge < -0.3 is 9.32 Å². The average molecular weight is 436 g/mol. The van der Waals surface area contributed by atoms with E-state index >= 15 is 0 Å². The molecule has 6 heteroatoms. The van der Waals surface area contributed by atoms with E-state index in [9.17, 15) is 4.79 Å². The van der Waals surface area contributed by atoms with Gasteiger partial charge in [0.15, 0.2) is 0 Å². The number of aromatic nitrogens is 2. The molecule has 1 aliphatic carbocycles. The van der Waals surface area contributed by atoms with Crippen LogP contribution < -0.4 is 0 Å². The maximum Gasteiger partial charge on any atom is 0.277 e. The second-order valence-electron chi connectivity index (χ2n) is 9.10. The van der Waals surface area contributed by atoms with Crippen LogP contribution in [0, 0.1) is 0 Å². The van der Waals surface area contributed by atoms with Crippen LogP contribution in [0.5, 0.6) is 0 Å². The second-order valence-corrected chi connectivity index (χ2v) is 10.0. The van der Waals surface area contributed by atoms with Crippen LogP contribution in [0.3, 0.4) is 0 Å². The number of aryl methyl sites for hydroxylation is 1. The summed E-state index contributed by atoms with van der Waals surface area (Å²) in [7, 11) is 1.89. The molecule has 162 valence electrons. The lowest BCUT2D eigenvalue weighted by atomic mass is 9.87. The number of benzene rings is 2. The first-order valence-corrected chi connectivity index (χ1v) is 11.7. The Bertz CT molecular complexity index is 1050. The van der Waals surface area contributed by atoms with Crippen molar-refractivity contribution >= 4 is 17.7 Å². The highest BCUT2D eigenvalue weighted by atomic mass is 32.2. The van der Waals surface area contributed by atoms with Crippen molar-refractivity contribution in [1.29, 1.82) is 0 Å². The van der Waals surface area contributed by atoms with Gasteiger partial charge in [0.2, 0.25) is 11.8 Å². The fourth-order valence-electron chi connectivity index (χ4n) is 4.03. The molecule has 0 fully saturated rings. The molecule has 1 amide bonds. The van der Waals surface area contributed by atoms with E-state index in [4.69, 9.17) is 4.42 Å². The van der Waals surface area contributed by atoms with E-state index in [0.29, 0.717) is 11.1 Å². The monoisotopic (exact) mass is 435 g/mol. The van der Waals surface area contributed by atoms with Crippen LogP contribution in [0.4, 0.5) is 0 Å². The van der Waals surface area contributed by atoms with Crippen molar-refractivity contribution in [2.75, 3.05) is 12.8 Å². The van der Waals surface area contributed by atoms with Crippen molar-refractivity contribution in [2.45, 2.75) is 56.7 Å². The molecular formula is C25H29N3O2S. The summed E-state index contributed by atoms with van der Waals surface area (Å²) in [6, 6.07) is 16.8. The summed E-state index contributed by atoms with van der Waals surface area (Å²) in [4.78, 5) is 14.7. The van der Waals surface area contributed by atoms with Crippen molar-refractivity contribution in [1.82, 2.24) is 15.1 Å². The highest BCUT2D eigenvalue weighted by Gasteiger charge is 2.26. The zero-order chi connectivity index (χ0) is 22.0. The summed E-state index contributed by atoms with van der Waals surface area (Å²) < 4.78 is 5.80. The van der Waals surface area contributed by atoms with Crippen molar-refractivity contribution in [3.05, 3.63) is 65.2 Å². The Kier molecular flexibility index (Phi) is 6.19. The zero-order valence-electron chi connectivity index (χ0n) is 18.6. The van der Waals surface area contributed by atoms with E-state index in [0.717, 1.165) is 24.8 Å². The number of hydrogen-bond donors (Lipinski definition) is 0. The van der Waals surface area contributed by atoms with Crippen LogP contribution in [-0.2, 0) is 16.6 Å². The Balaban J connectivity index is 1.38. The third-order valence-corrected chi connectivity index (χ3v) is 6.73. The van der Waals surface area contributed by atoms with Gasteiger partial charge in [0, 0.05) is 12.6 Å². The van der Waals surface area contributed by atoms with Gasteiger partial charge in [0.1, 0.15) is 0 Å². The third kappa shape index (κ3) is 4.85. The Morgan fingerprint density at radius 3 is 2.61 bits per heavy atom. The van der Waals surface area contributed by atoms with Crippen molar-refractivity contribution in [3.8, 4) is 11.5 Å². The summed E-state index contributed by atoms with van der Waals surface area (Å²) in [6.45, 7) is 6.55. The average Bonchev–Trinajstić information content (AvgIpc) is 3.25. The van der Waals surface area contributed by atoms with Gasteiger partial charge in [-0.1, -0.05) is 68.9 Å². The molecule has 0 saturated heterocycles. The number of amides is 1. The van der Waals surface area contributed by atoms with Crippen LogP contribution in [0.2, 0.25) is 0 Å². The standard InChI is InChI=1S/C25H29N3O2S/c1-25(2,3)19-14-12-18(13-15-19)23-26-27-24(30-23)31-16-22(29)28(4)21-11-7-9-17-8-5-6-10-20(17)21/h5-6,8,10,12-15,21H,7,9,11,16H2,1-4H3. The van der Waals surface area contributed by atoms with Gasteiger partial charge in [0.05, 0.1) is 11.8 Å². The van der Waals surface area contributed by atoms with Crippen LogP contribution in [0.1, 0.15) is 56.3 Å². The Hall–Kier alpha value is -2.60. The maximum atomic E-state index is 12.8. The molecular weight excluding hydrogens is 406 g/mol. The summed E-state index contributed by atoms with van der Waals surface area (Å²) in [5.74, 6) is 0.825. The van der Waals surface area contributed by atoms with Gasteiger partial charge in [-0.2, -0.15) is 0 Å². The van der Waals surface area contributed by atoms with E-state index < -0.39 is 0 Å². The first-order chi connectivity index (χ1) is 14.8. The van der Waals surface area contributed by atoms with Gasteiger partial charge in [-0.25, -0.2) is 0 Å². The lowest BCUT2D eigenvalue weighted by molar-refractivity contribution is -0.129. The van der Waals surface area contributed by atoms with Crippen LogP contribution in [-0.4, -0.2) is 33.8 Å². The number of fused-ring (bicyclic) bond motifs is 1. The van der Waals surface area contributed by atoms with E-state index in [1.807, 2.05) is 24.1 Å². The Morgan fingerprint density at radius 2 is 1.87 bits per heavy atom. The topological polar surface area (TPSA) is 59.2 Å². The van der Waals surface area contributed by atoms with Crippen LogP contribution >= 0.6 is 11.8 Å². The van der Waals surface area contributed by atoms with Gasteiger partial charge in [0.25, 0.3) is 5.22 Å². The van der Waals surface area contributed by atoms with E-state index in [2.05, 4.69) is 67.4 Å². The maximum absolute atomic E-state index is 12.8. The summed E-state index contributed by atoms with van der Waals surface area (Å²) in [6.07, 6.45) is 3.19. The molecule has 0 radical (unpaired) electrons. The molecule has 3 aromatic rings. The molecule has 1 unspecified atom stereocenters. The van der Waals surface area contributed by atoms with Crippen molar-refractivity contribution in [2.24, 2.45) is 0 Å². The second kappa shape index (κ2) is 8.87. The fraction of sp³-hybridized carbons (Fsp3) is 0.400. The molecule has 0 bridgehead atoms. The molecule has 31 heavy (non-hydrogen) atoms. The molecule has 1 aromatic heterocycles. The Labute approximate surface area is 188 Å². The molecule has 2 aromatic carbocycles. The van der Waals surface area contributed by atoms with Crippen molar-refractivity contribution in [3.63, 3.8) is 0 Å². The molecule has 1 heterocycles. The molecule has 5 nitrogen and oxygen atoms in total. The number of nitrogens with zero attached hydrogens (tertiary/aromatic N) is 3. The summed E-state index contributed by atoms with van der Waals surface area (Å²) in [5.41, 5.74) is 4.86. The molecule has 4 rings (SSSR count). The number of hydrogen-bond acceptors (Lipinski definition) is 5. The minimum Gasteiger partial charge on any atom is -0.411 e. The Morgan fingerprint density at radius 1 is 1.13 bits per heavy atom. The van der Waals surface area contributed by atoms with E-state index in [1.54, 1.807) is 0 Å². The number of rotatable bonds is 5. The summed E-state index contributed by atoms with van der Waals surface area (Å²) in [5, 5.41) is 8.69. The lowest BCUT2D eigenvalue weighted by Gasteiger charge is -2.33. The first-order valence-electron chi connectivity index (χ1n) is 10.7. The smallest absolute Gasteiger partial charge is 0.277 e. The fourth-order valence-corrected chi connectivity index (χ4v) is 4.71. The van der Waals surface area contributed by atoms with Crippen LogP contribution in [0.15, 0.2) is 58.2 Å². The number of carbonyl (C=O) groups excluding carboxylic acids is 1. The summed E-state index contributed by atoms with van der Waals surface area (Å²) >= 11 is 1.29. The molecule has 1 atom stereocenters. The minimum atomic E-state index is 0.0704. The zero-order valence-corrected chi connectivity index (χ0v) is 19.4. The van der Waals surface area contributed by atoms with Gasteiger partial charge in [-0.3, -0.25) is 4.79 Å². The van der Waals surface area contributed by atoms with Gasteiger partial charge >= 0.3 is 0 Å². The van der Waals surface area contributed by atoms with Crippen molar-refractivity contribution < 1.29 is 9.21 Å². The largest absolute Gasteiger partial charge is 0.411 e. The molecule has 0 aliphatic heterocycles. The minimum absolute atomic E-state index is 0.0704. The van der Waals surface area contributed by atoms with Gasteiger partial charge in [-0.15, -0.1) is 10.2 Å². The van der Waals surface area contributed by atoms with Gasteiger partial charge in [-0.05, 0) is 53.5 Å². The normalized spacial score (nSPS) is 16.1. The predicted octanol–water partition coefficient (Wildman–Crippen LogP) is 5.66. The quantitative estimate of drug-likeness (QED) is 0.484. The highest BCUT2D eigenvalue weighted by Crippen LogP contribution is 2.34. The van der Waals surface area contributed by atoms with Crippen LogP contribution in [0.25, 0.3) is 11.5 Å². The predicted molar refractivity (Wildman–Crippen MR) is 124 cm³/mol. The SMILES string of the molecule is CN(C(=O)CSc1nnc(-c2ccc(C(C)(C)C)cc2)o1)C1CCCc2ccccc21. The lowest BCUT2D eigenvalue weighted by Crippen LogP contribution is -2.34. The van der Waals surface area contributed by atoms with E-state index in [-0.39, 0.29) is 23.1 Å². The van der Waals surface area contributed by atoms with E-state index in [1.165, 1.54) is 28.5 Å². The first kappa shape index (κ1) is 21.6. The third-order valence-electron chi connectivity index (χ3n) is 5.92.